The molecule has 9 nitrogen and oxygen atoms in total. The van der Waals surface area contributed by atoms with E-state index in [2.05, 4.69) is 5.10 Å². The Kier molecular flexibility index (Phi) is 3.62. The maximum Gasteiger partial charge on any atom is 0.352 e. The zero-order chi connectivity index (χ0) is 15.6. The summed E-state index contributed by atoms with van der Waals surface area (Å²) in [5, 5.41) is 23.2. The van der Waals surface area contributed by atoms with Crippen molar-refractivity contribution in [1.82, 2.24) is 14.3 Å². The summed E-state index contributed by atoms with van der Waals surface area (Å²) in [6.45, 7) is 1.67. The molecular formula is C12H9N5O4. The molecule has 0 N–H and O–H groups in total. The largest absolute Gasteiger partial charge is 0.352 e. The Bertz CT molecular complexity index is 857. The molecule has 21 heavy (non-hydrogen) atoms. The normalized spacial score (nSPS) is 10.1. The maximum absolute atomic E-state index is 12.1. The zero-order valence-corrected chi connectivity index (χ0v) is 10.9. The van der Waals surface area contributed by atoms with Crippen LogP contribution in [0.5, 0.6) is 0 Å². The summed E-state index contributed by atoms with van der Waals surface area (Å²) in [4.78, 5) is 33.9. The molecule has 0 atom stereocenters. The molecule has 0 saturated carbocycles. The van der Waals surface area contributed by atoms with E-state index in [0.29, 0.717) is 0 Å². The smallest absolute Gasteiger partial charge is 0.266 e. The fourth-order valence-corrected chi connectivity index (χ4v) is 1.75. The van der Waals surface area contributed by atoms with Gasteiger partial charge in [-0.25, -0.2) is 4.79 Å². The summed E-state index contributed by atoms with van der Waals surface area (Å²) < 4.78 is 1.74. The lowest BCUT2D eigenvalue weighted by molar-refractivity contribution is -0.384. The lowest BCUT2D eigenvalue weighted by Crippen LogP contribution is -2.41. The van der Waals surface area contributed by atoms with E-state index in [0.717, 1.165) is 9.25 Å². The highest BCUT2D eigenvalue weighted by molar-refractivity contribution is 5.40. The molecule has 9 heteroatoms. The van der Waals surface area contributed by atoms with Gasteiger partial charge < -0.3 is 0 Å². The highest BCUT2D eigenvalue weighted by Gasteiger charge is 2.14. The molecule has 0 aliphatic rings. The standard InChI is InChI=1S/C12H9N5O4/c1-2-15-11(18)10(7-13)14-16(12(15)19)8-3-5-9(6-4-8)17(20)21/h3-6H,2H2,1H3. The molecule has 1 aromatic heterocycles. The maximum atomic E-state index is 12.1. The van der Waals surface area contributed by atoms with E-state index < -0.39 is 21.9 Å². The Morgan fingerprint density at radius 1 is 1.33 bits per heavy atom. The monoisotopic (exact) mass is 287 g/mol. The highest BCUT2D eigenvalue weighted by atomic mass is 16.6. The first-order valence-electron chi connectivity index (χ1n) is 5.88. The number of hydrogen-bond acceptors (Lipinski definition) is 6. The Morgan fingerprint density at radius 2 is 1.95 bits per heavy atom. The van der Waals surface area contributed by atoms with Crippen molar-refractivity contribution in [3.63, 3.8) is 0 Å². The van der Waals surface area contributed by atoms with Crippen molar-refractivity contribution in [2.24, 2.45) is 0 Å². The number of nitro benzene ring substituents is 1. The Morgan fingerprint density at radius 3 is 2.43 bits per heavy atom. The average Bonchev–Trinajstić information content (AvgIpc) is 2.48. The predicted molar refractivity (Wildman–Crippen MR) is 71.1 cm³/mol. The Balaban J connectivity index is 2.70. The zero-order valence-electron chi connectivity index (χ0n) is 10.9. The predicted octanol–water partition coefficient (Wildman–Crippen LogP) is 0.194. The molecule has 0 radical (unpaired) electrons. The number of nitrogens with zero attached hydrogens (tertiary/aromatic N) is 5. The van der Waals surface area contributed by atoms with Crippen LogP contribution < -0.4 is 11.2 Å². The summed E-state index contributed by atoms with van der Waals surface area (Å²) in [6.07, 6.45) is 0. The summed E-state index contributed by atoms with van der Waals surface area (Å²) in [6, 6.07) is 6.67. The molecule has 1 aromatic carbocycles. The lowest BCUT2D eigenvalue weighted by atomic mass is 10.3. The fraction of sp³-hybridized carbons (Fsp3) is 0.167. The molecule has 0 amide bonds. The highest BCUT2D eigenvalue weighted by Crippen LogP contribution is 2.13. The van der Waals surface area contributed by atoms with E-state index in [1.807, 2.05) is 0 Å². The fourth-order valence-electron chi connectivity index (χ4n) is 1.75. The molecule has 0 fully saturated rings. The molecule has 0 unspecified atom stereocenters. The minimum Gasteiger partial charge on any atom is -0.266 e. The number of rotatable bonds is 3. The molecule has 0 aliphatic carbocycles. The van der Waals surface area contributed by atoms with Crippen molar-refractivity contribution in [3.05, 3.63) is 60.9 Å². The molecule has 106 valence electrons. The van der Waals surface area contributed by atoms with Gasteiger partial charge in [0.1, 0.15) is 6.07 Å². The number of non-ortho nitro benzene ring substituents is 1. The molecule has 0 spiro atoms. The molecule has 0 bridgehead atoms. The lowest BCUT2D eigenvalue weighted by Gasteiger charge is -2.07. The second-order valence-corrected chi connectivity index (χ2v) is 3.98. The van der Waals surface area contributed by atoms with Gasteiger partial charge in [-0.2, -0.15) is 9.94 Å². The van der Waals surface area contributed by atoms with E-state index in [-0.39, 0.29) is 17.9 Å². The minimum absolute atomic E-state index is 0.0852. The molecule has 1 heterocycles. The van der Waals surface area contributed by atoms with Crippen LogP contribution in [0.25, 0.3) is 5.69 Å². The van der Waals surface area contributed by atoms with Crippen molar-refractivity contribution in [3.8, 4) is 11.8 Å². The van der Waals surface area contributed by atoms with Gasteiger partial charge in [0.2, 0.25) is 5.69 Å². The van der Waals surface area contributed by atoms with E-state index in [9.17, 15) is 19.7 Å². The first-order valence-corrected chi connectivity index (χ1v) is 5.88. The van der Waals surface area contributed by atoms with Gasteiger partial charge in [0.15, 0.2) is 0 Å². The molecule has 0 aliphatic heterocycles. The molecule has 2 aromatic rings. The van der Waals surface area contributed by atoms with Crippen molar-refractivity contribution < 1.29 is 4.92 Å². The summed E-state index contributed by atoms with van der Waals surface area (Å²) in [7, 11) is 0. The Hall–Kier alpha value is -3.28. The van der Waals surface area contributed by atoms with Gasteiger partial charge in [-0.05, 0) is 19.1 Å². The van der Waals surface area contributed by atoms with E-state index in [1.54, 1.807) is 13.0 Å². The summed E-state index contributed by atoms with van der Waals surface area (Å²) in [5.41, 5.74) is -1.81. The van der Waals surface area contributed by atoms with Crippen molar-refractivity contribution in [2.45, 2.75) is 13.5 Å². The number of benzene rings is 1. The quantitative estimate of drug-likeness (QED) is 0.586. The Labute approximate surface area is 117 Å². The topological polar surface area (TPSA) is 124 Å². The van der Waals surface area contributed by atoms with Gasteiger partial charge in [-0.3, -0.25) is 19.5 Å². The third kappa shape index (κ3) is 2.42. The third-order valence-corrected chi connectivity index (χ3v) is 2.79. The molecular weight excluding hydrogens is 278 g/mol. The van der Waals surface area contributed by atoms with Crippen LogP contribution >= 0.6 is 0 Å². The first-order chi connectivity index (χ1) is 9.99. The van der Waals surface area contributed by atoms with Crippen LogP contribution in [0, 0.1) is 21.4 Å². The van der Waals surface area contributed by atoms with Crippen LogP contribution in [0.4, 0.5) is 5.69 Å². The number of hydrogen-bond donors (Lipinski definition) is 0. The van der Waals surface area contributed by atoms with Gasteiger partial charge in [-0.15, -0.1) is 5.10 Å². The minimum atomic E-state index is -0.761. The SMILES string of the molecule is CCn1c(=O)c(C#N)nn(-c2ccc([N+](=O)[O-])cc2)c1=O. The summed E-state index contributed by atoms with van der Waals surface area (Å²) in [5.74, 6) is 0. The van der Waals surface area contributed by atoms with Gasteiger partial charge in [0, 0.05) is 18.7 Å². The third-order valence-electron chi connectivity index (χ3n) is 2.79. The van der Waals surface area contributed by atoms with Crippen LogP contribution in [0.1, 0.15) is 12.6 Å². The average molecular weight is 287 g/mol. The first kappa shape index (κ1) is 14.1. The number of nitriles is 1. The number of nitro groups is 1. The van der Waals surface area contributed by atoms with Crippen LogP contribution in [0.15, 0.2) is 33.9 Å². The van der Waals surface area contributed by atoms with Gasteiger partial charge in [-0.1, -0.05) is 0 Å². The van der Waals surface area contributed by atoms with Crippen LogP contribution in [-0.4, -0.2) is 19.3 Å². The van der Waals surface area contributed by atoms with Crippen molar-refractivity contribution in [1.29, 1.82) is 5.26 Å². The van der Waals surface area contributed by atoms with Crippen molar-refractivity contribution in [2.75, 3.05) is 0 Å². The van der Waals surface area contributed by atoms with Crippen molar-refractivity contribution >= 4 is 5.69 Å². The van der Waals surface area contributed by atoms with Crippen LogP contribution in [-0.2, 0) is 6.54 Å². The van der Waals surface area contributed by atoms with Gasteiger partial charge in [0.05, 0.1) is 10.6 Å². The second-order valence-electron chi connectivity index (χ2n) is 3.98. The second kappa shape index (κ2) is 5.38. The summed E-state index contributed by atoms with van der Waals surface area (Å²) >= 11 is 0. The van der Waals surface area contributed by atoms with Gasteiger partial charge in [0.25, 0.3) is 11.2 Å². The molecule has 2 rings (SSSR count). The van der Waals surface area contributed by atoms with E-state index in [1.165, 1.54) is 24.3 Å². The molecule has 0 saturated heterocycles. The van der Waals surface area contributed by atoms with Crippen LogP contribution in [0.2, 0.25) is 0 Å². The van der Waals surface area contributed by atoms with E-state index >= 15 is 0 Å². The van der Waals surface area contributed by atoms with Gasteiger partial charge >= 0.3 is 5.69 Å². The number of aromatic nitrogens is 3. The van der Waals surface area contributed by atoms with Crippen LogP contribution in [0.3, 0.4) is 0 Å². The van der Waals surface area contributed by atoms with E-state index in [4.69, 9.17) is 5.26 Å².